The molecule has 124 heavy (non-hydrogen) atoms. The Morgan fingerprint density at radius 1 is 0.0806 bits per heavy atom. The molecule has 16 nitrogen and oxygen atoms in total. The topological polar surface area (TPSA) is 148 Å². The van der Waals surface area contributed by atoms with Gasteiger partial charge in [-0.1, -0.05) is 485 Å². The summed E-state index contributed by atoms with van der Waals surface area (Å²) in [6, 6.07) is 160. The van der Waals surface area contributed by atoms with E-state index in [4.69, 9.17) is 0 Å². The molecule has 608 valence electrons. The molecule has 0 amide bonds. The van der Waals surface area contributed by atoms with E-state index in [1.165, 1.54) is 0 Å². The van der Waals surface area contributed by atoms with Crippen LogP contribution in [0.1, 0.15) is 0 Å². The second-order valence-corrected chi connectivity index (χ2v) is 66.6. The van der Waals surface area contributed by atoms with Crippen LogP contribution in [-0.4, -0.2) is 105 Å². The Hall–Kier alpha value is -10.5. The van der Waals surface area contributed by atoms with Crippen molar-refractivity contribution in [2.45, 2.75) is 0 Å². The van der Waals surface area contributed by atoms with Crippen LogP contribution in [0.4, 0.5) is 0 Å². The van der Waals surface area contributed by atoms with Gasteiger partial charge in [-0.05, 0) is 83.0 Å². The molecule has 0 radical (unpaired) electrons. The van der Waals surface area contributed by atoms with Crippen molar-refractivity contribution in [1.29, 1.82) is 0 Å². The highest BCUT2D eigenvalue weighted by atomic mass is 28.6. The molecule has 0 aromatic heterocycles. The molecule has 0 unspecified atom stereocenters. The summed E-state index contributed by atoms with van der Waals surface area (Å²) in [6.45, 7) is 0. The molecule has 5 aliphatic rings. The second-order valence-electron chi connectivity index (χ2n) is 30.4. The Morgan fingerprint density at radius 3 is 0.226 bits per heavy atom. The van der Waals surface area contributed by atoms with E-state index in [1.54, 1.807) is 0 Å². The number of hydrogen-bond donors (Lipinski definition) is 0. The molecule has 0 saturated carbocycles. The average molecular weight is 1830 g/mol. The molecule has 0 aliphatic carbocycles. The molecule has 21 rings (SSSR count). The lowest BCUT2D eigenvalue weighted by Gasteiger charge is -2.60. The Kier molecular flexibility index (Phi) is 21.5. The fourth-order valence-electron chi connectivity index (χ4n) is 17.2. The van der Waals surface area contributed by atoms with Crippen LogP contribution in [-0.2, 0) is 65.8 Å². The van der Waals surface area contributed by atoms with Gasteiger partial charge in [0.15, 0.2) is 0 Å². The molecular weight excluding hydrogens is 1750 g/mol. The van der Waals surface area contributed by atoms with Crippen molar-refractivity contribution >= 4 is 188 Å². The van der Waals surface area contributed by atoms with Crippen LogP contribution in [0.2, 0.25) is 0 Å². The van der Waals surface area contributed by atoms with E-state index in [2.05, 4.69) is 0 Å². The van der Waals surface area contributed by atoms with Crippen LogP contribution in [0.25, 0.3) is 0 Å². The van der Waals surface area contributed by atoms with E-state index in [9.17, 15) is 65.8 Å². The van der Waals surface area contributed by atoms with E-state index in [1.807, 2.05) is 485 Å². The zero-order valence-corrected chi connectivity index (χ0v) is 78.7. The molecule has 5 fully saturated rings. The van der Waals surface area contributed by atoms with Gasteiger partial charge in [0.2, 0.25) is 0 Å². The molecule has 28 heteroatoms. The van der Waals surface area contributed by atoms with Crippen molar-refractivity contribution in [1.82, 2.24) is 0 Å². The van der Waals surface area contributed by atoms with Gasteiger partial charge in [0, 0.05) is 0 Å². The molecule has 5 aliphatic heterocycles. The van der Waals surface area contributed by atoms with E-state index >= 15 is 0 Å². The third kappa shape index (κ3) is 14.2. The Labute approximate surface area is 733 Å². The summed E-state index contributed by atoms with van der Waals surface area (Å²) >= 11 is 0. The van der Waals surface area contributed by atoms with Gasteiger partial charge in [-0.3, -0.25) is 0 Å². The Balaban J connectivity index is 1.02. The average Bonchev–Trinajstić information content (AvgIpc) is 0.669. The molecule has 16 aromatic carbocycles. The molecule has 0 atom stereocenters. The normalized spacial score (nSPS) is 23.0. The fraction of sp³-hybridized carbons (Fsp3) is 0. The van der Waals surface area contributed by atoms with Gasteiger partial charge in [0.05, 0.1) is 0 Å². The predicted octanol–water partition coefficient (Wildman–Crippen LogP) is 8.12. The van der Waals surface area contributed by atoms with Crippen molar-refractivity contribution in [2.24, 2.45) is 0 Å². The standard InChI is InChI=1S/C96H80O16Si12/c1-17-49-81(50-18-1)113(82-51-19-2-20-52-82)97-114(83-53-21-3-22-54-83,84-55-23-4-24-56-84)102-122-104-117(89-65-33-9-34-66-89,90-67-35-10-36-68-90)99-119(93-73-41-13-42-74-93,94-75-43-14-44-76-94)107-124(111-122)108-120(95-77-45-15-46-78-95,96-79-47-16-48-80-96)100-118(91-69-37-11-38-70-91,92-71-39-12-40-72-92)106-123(112-124)105-116(87-61-29-7-30-62-87,88-63-31-8-32-64-88)98-115(85-57-25-5-26-58-85,86-59-27-6-28-60-86)103-121(101-113,109-122)110-123/h1-80H. The quantitative estimate of drug-likeness (QED) is 0.0858. The van der Waals surface area contributed by atoms with Crippen LogP contribution >= 0.6 is 0 Å². The van der Waals surface area contributed by atoms with Gasteiger partial charge in [0.25, 0.3) is 0 Å². The van der Waals surface area contributed by atoms with Crippen LogP contribution in [0.5, 0.6) is 0 Å². The van der Waals surface area contributed by atoms with Gasteiger partial charge in [0.1, 0.15) is 0 Å². The Morgan fingerprint density at radius 2 is 0.153 bits per heavy atom. The first-order chi connectivity index (χ1) is 61.0. The maximum atomic E-state index is 9.29. The molecule has 4 spiro atoms. The van der Waals surface area contributed by atoms with Crippen LogP contribution in [0.3, 0.4) is 0 Å². The number of benzene rings is 16. The van der Waals surface area contributed by atoms with Gasteiger partial charge in [-0.25, -0.2) is 0 Å². The first-order valence-corrected chi connectivity index (χ1v) is 62.2. The van der Waals surface area contributed by atoms with E-state index in [0.717, 1.165) is 0 Å². The predicted molar refractivity (Wildman–Crippen MR) is 504 cm³/mol. The zero-order valence-electron chi connectivity index (χ0n) is 66.7. The van der Waals surface area contributed by atoms with Crippen molar-refractivity contribution in [3.8, 4) is 0 Å². The summed E-state index contributed by atoms with van der Waals surface area (Å²) in [7, 11) is -66.0. The fourth-order valence-corrected chi connectivity index (χ4v) is 85.1. The number of rotatable bonds is 16. The van der Waals surface area contributed by atoms with Gasteiger partial charge < -0.3 is 65.8 Å². The lowest BCUT2D eigenvalue weighted by Crippen LogP contribution is -2.95. The summed E-state index contributed by atoms with van der Waals surface area (Å²) in [5, 5.41) is 9.45. The minimum Gasteiger partial charge on any atom is -0.402 e. The minimum absolute atomic E-state index is 0.591. The van der Waals surface area contributed by atoms with E-state index < -0.39 is 105 Å². The SMILES string of the molecule is c1ccc([Si]2(c3ccccc3)O[Si]34O[Si]5(O[Si]6(O[Si](O3)(O[Si](c3ccccc3)(c3ccccc3)O[Si](c3ccccc3)(c3ccccc3)O4)O[Si](c3ccccc3)(c3ccccc3)O[Si](c3ccccc3)(c3ccccc3)O6)O[Si](c3ccccc3)(c3ccccc3)O[Si](c3ccccc3)(c3ccccc3)O5)O[Si](c3ccccc3)(c3ccccc3)O2)cc1. The molecule has 5 saturated heterocycles. The first-order valence-electron chi connectivity index (χ1n) is 41.1. The molecule has 4 bridgehead atoms. The van der Waals surface area contributed by atoms with Crippen molar-refractivity contribution in [3.05, 3.63) is 485 Å². The second kappa shape index (κ2) is 33.1. The largest absolute Gasteiger partial charge is 0.650 e. The lowest BCUT2D eigenvalue weighted by atomic mass is 10.4. The highest BCUT2D eigenvalue weighted by molar-refractivity contribution is 7.17. The smallest absolute Gasteiger partial charge is 0.402 e. The zero-order chi connectivity index (χ0) is 83.1. The molecular formula is C96H80O16Si12. The number of hydrogen-bond acceptors (Lipinski definition) is 16. The summed E-state index contributed by atoms with van der Waals surface area (Å²) in [4.78, 5) is 0. The monoisotopic (exact) mass is 1820 g/mol. The summed E-state index contributed by atoms with van der Waals surface area (Å²) < 4.78 is 148. The van der Waals surface area contributed by atoms with Crippen molar-refractivity contribution in [2.75, 3.05) is 0 Å². The molecule has 5 heterocycles. The van der Waals surface area contributed by atoms with Crippen LogP contribution < -0.4 is 83.0 Å². The highest BCUT2D eigenvalue weighted by Crippen LogP contribution is 2.49. The molecule has 16 aromatic rings. The highest BCUT2D eigenvalue weighted by Gasteiger charge is 2.88. The summed E-state index contributed by atoms with van der Waals surface area (Å²) in [5.74, 6) is 0. The first kappa shape index (κ1) is 80.6. The lowest BCUT2D eigenvalue weighted by molar-refractivity contribution is -0.0538. The van der Waals surface area contributed by atoms with Gasteiger partial charge in [-0.2, -0.15) is 0 Å². The maximum Gasteiger partial charge on any atom is 0.650 e. The van der Waals surface area contributed by atoms with Crippen LogP contribution in [0, 0.1) is 0 Å². The minimum atomic E-state index is -6.32. The maximum absolute atomic E-state index is 9.29. The Bertz CT molecular complexity index is 4840. The van der Waals surface area contributed by atoms with E-state index in [-0.39, 0.29) is 0 Å². The molecule has 0 N–H and O–H groups in total. The van der Waals surface area contributed by atoms with Crippen molar-refractivity contribution < 1.29 is 65.8 Å². The third-order valence-electron chi connectivity index (χ3n) is 22.8. The van der Waals surface area contributed by atoms with Crippen molar-refractivity contribution in [3.63, 3.8) is 0 Å². The van der Waals surface area contributed by atoms with Crippen LogP contribution in [0.15, 0.2) is 485 Å². The summed E-state index contributed by atoms with van der Waals surface area (Å²) in [5.41, 5.74) is 0. The van der Waals surface area contributed by atoms with Gasteiger partial charge in [-0.15, -0.1) is 0 Å². The third-order valence-corrected chi connectivity index (χ3v) is 74.7. The summed E-state index contributed by atoms with van der Waals surface area (Å²) in [6.07, 6.45) is 0. The van der Waals surface area contributed by atoms with E-state index in [0.29, 0.717) is 83.0 Å². The van der Waals surface area contributed by atoms with Gasteiger partial charge >= 0.3 is 105 Å².